The highest BCUT2D eigenvalue weighted by atomic mass is 16.5. The molecule has 0 aliphatic carbocycles. The Hall–Kier alpha value is -3.07. The fourth-order valence-electron chi connectivity index (χ4n) is 3.74. The van der Waals surface area contributed by atoms with Crippen LogP contribution in [0.5, 0.6) is 5.75 Å². The SMILES string of the molecule is CCN1CCN(c2nc(C#Cc3ccccc3OCCO)cc3ccccc23)CC1. The van der Waals surface area contributed by atoms with Gasteiger partial charge in [-0.3, -0.25) is 0 Å². The highest BCUT2D eigenvalue weighted by molar-refractivity contribution is 5.93. The van der Waals surface area contributed by atoms with Crippen LogP contribution >= 0.6 is 0 Å². The van der Waals surface area contributed by atoms with E-state index in [1.165, 1.54) is 5.39 Å². The molecule has 3 aromatic rings. The highest BCUT2D eigenvalue weighted by Crippen LogP contribution is 2.26. The van der Waals surface area contributed by atoms with Crippen LogP contribution in [0.2, 0.25) is 0 Å². The molecule has 2 aromatic carbocycles. The number of piperazine rings is 1. The molecular formula is C25H27N3O2. The van der Waals surface area contributed by atoms with Crippen molar-refractivity contribution in [3.8, 4) is 17.6 Å². The second-order valence-corrected chi connectivity index (χ2v) is 7.29. The number of hydrogen-bond donors (Lipinski definition) is 1. The molecule has 30 heavy (non-hydrogen) atoms. The average molecular weight is 402 g/mol. The number of aliphatic hydroxyl groups is 1. The number of aromatic nitrogens is 1. The Bertz CT molecular complexity index is 1060. The van der Waals surface area contributed by atoms with Gasteiger partial charge in [0.15, 0.2) is 0 Å². The summed E-state index contributed by atoms with van der Waals surface area (Å²) in [5, 5.41) is 11.3. The van der Waals surface area contributed by atoms with Gasteiger partial charge in [-0.1, -0.05) is 49.2 Å². The van der Waals surface area contributed by atoms with Gasteiger partial charge in [-0.05, 0) is 36.1 Å². The summed E-state index contributed by atoms with van der Waals surface area (Å²) < 4.78 is 5.60. The average Bonchev–Trinajstić information content (AvgIpc) is 2.81. The zero-order chi connectivity index (χ0) is 20.8. The summed E-state index contributed by atoms with van der Waals surface area (Å²) in [6, 6.07) is 18.0. The van der Waals surface area contributed by atoms with Crippen molar-refractivity contribution in [2.24, 2.45) is 0 Å². The zero-order valence-electron chi connectivity index (χ0n) is 17.3. The molecule has 1 aromatic heterocycles. The van der Waals surface area contributed by atoms with Crippen molar-refractivity contribution in [1.29, 1.82) is 0 Å². The van der Waals surface area contributed by atoms with Gasteiger partial charge >= 0.3 is 0 Å². The lowest BCUT2D eigenvalue weighted by molar-refractivity contribution is 0.201. The molecule has 1 aliphatic rings. The number of pyridine rings is 1. The highest BCUT2D eigenvalue weighted by Gasteiger charge is 2.19. The van der Waals surface area contributed by atoms with E-state index in [1.807, 2.05) is 30.3 Å². The lowest BCUT2D eigenvalue weighted by Gasteiger charge is -2.35. The molecule has 0 radical (unpaired) electrons. The summed E-state index contributed by atoms with van der Waals surface area (Å²) in [6.07, 6.45) is 0. The Kier molecular flexibility index (Phi) is 6.48. The Morgan fingerprint density at radius 2 is 1.77 bits per heavy atom. The fraction of sp³-hybridized carbons (Fsp3) is 0.320. The minimum absolute atomic E-state index is 0.0252. The number of benzene rings is 2. The van der Waals surface area contributed by atoms with E-state index in [2.05, 4.69) is 52.8 Å². The molecule has 5 heteroatoms. The first-order valence-corrected chi connectivity index (χ1v) is 10.5. The van der Waals surface area contributed by atoms with Crippen molar-refractivity contribution in [2.75, 3.05) is 50.8 Å². The molecule has 0 unspecified atom stereocenters. The minimum Gasteiger partial charge on any atom is -0.490 e. The second-order valence-electron chi connectivity index (χ2n) is 7.29. The first-order chi connectivity index (χ1) is 14.8. The van der Waals surface area contributed by atoms with E-state index in [0.717, 1.165) is 55.2 Å². The van der Waals surface area contributed by atoms with E-state index in [1.54, 1.807) is 0 Å². The minimum atomic E-state index is -0.0252. The molecule has 5 nitrogen and oxygen atoms in total. The molecule has 1 aliphatic heterocycles. The van der Waals surface area contributed by atoms with E-state index >= 15 is 0 Å². The molecule has 2 heterocycles. The van der Waals surface area contributed by atoms with Gasteiger partial charge in [-0.2, -0.15) is 0 Å². The largest absolute Gasteiger partial charge is 0.490 e. The van der Waals surface area contributed by atoms with Crippen molar-refractivity contribution in [2.45, 2.75) is 6.92 Å². The molecule has 4 rings (SSSR count). The third-order valence-corrected chi connectivity index (χ3v) is 5.40. The van der Waals surface area contributed by atoms with Gasteiger partial charge in [0, 0.05) is 31.6 Å². The normalized spacial score (nSPS) is 14.4. The molecular weight excluding hydrogens is 374 g/mol. The first kappa shape index (κ1) is 20.2. The molecule has 154 valence electrons. The van der Waals surface area contributed by atoms with Crippen LogP contribution < -0.4 is 9.64 Å². The first-order valence-electron chi connectivity index (χ1n) is 10.5. The number of fused-ring (bicyclic) bond motifs is 1. The maximum absolute atomic E-state index is 9.03. The second kappa shape index (κ2) is 9.62. The molecule has 1 fully saturated rings. The van der Waals surface area contributed by atoms with Crippen LogP contribution in [-0.4, -0.2) is 60.9 Å². The van der Waals surface area contributed by atoms with E-state index in [9.17, 15) is 0 Å². The quantitative estimate of drug-likeness (QED) is 0.666. The van der Waals surface area contributed by atoms with Gasteiger partial charge in [0.25, 0.3) is 0 Å². The summed E-state index contributed by atoms with van der Waals surface area (Å²) in [6.45, 7) is 7.57. The molecule has 1 N–H and O–H groups in total. The molecule has 0 amide bonds. The topological polar surface area (TPSA) is 48.8 Å². The van der Waals surface area contributed by atoms with Crippen LogP contribution in [0, 0.1) is 11.8 Å². The third-order valence-electron chi connectivity index (χ3n) is 5.40. The smallest absolute Gasteiger partial charge is 0.138 e. The van der Waals surface area contributed by atoms with Gasteiger partial charge in [-0.25, -0.2) is 4.98 Å². The molecule has 0 bridgehead atoms. The van der Waals surface area contributed by atoms with Crippen molar-refractivity contribution in [3.05, 3.63) is 65.9 Å². The van der Waals surface area contributed by atoms with Gasteiger partial charge in [0.2, 0.25) is 0 Å². The number of likely N-dealkylation sites (N-methyl/N-ethyl adjacent to an activating group) is 1. The number of rotatable bonds is 5. The predicted molar refractivity (Wildman–Crippen MR) is 121 cm³/mol. The van der Waals surface area contributed by atoms with Crippen molar-refractivity contribution >= 4 is 16.6 Å². The zero-order valence-corrected chi connectivity index (χ0v) is 17.3. The fourth-order valence-corrected chi connectivity index (χ4v) is 3.74. The lowest BCUT2D eigenvalue weighted by atomic mass is 10.1. The Morgan fingerprint density at radius 3 is 2.57 bits per heavy atom. The van der Waals surface area contributed by atoms with E-state index in [0.29, 0.717) is 5.75 Å². The summed E-state index contributed by atoms with van der Waals surface area (Å²) in [5.41, 5.74) is 1.54. The van der Waals surface area contributed by atoms with Crippen molar-refractivity contribution in [3.63, 3.8) is 0 Å². The maximum atomic E-state index is 9.03. The van der Waals surface area contributed by atoms with Crippen molar-refractivity contribution < 1.29 is 9.84 Å². The Labute approximate surface area is 177 Å². The van der Waals surface area contributed by atoms with E-state index in [4.69, 9.17) is 14.8 Å². The molecule has 1 saturated heterocycles. The van der Waals surface area contributed by atoms with Gasteiger partial charge < -0.3 is 19.6 Å². The van der Waals surface area contributed by atoms with E-state index in [-0.39, 0.29) is 13.2 Å². The Balaban J connectivity index is 1.68. The summed E-state index contributed by atoms with van der Waals surface area (Å²) in [5.74, 6) is 8.12. The summed E-state index contributed by atoms with van der Waals surface area (Å²) >= 11 is 0. The number of aliphatic hydroxyl groups excluding tert-OH is 1. The van der Waals surface area contributed by atoms with Crippen LogP contribution in [0.3, 0.4) is 0 Å². The van der Waals surface area contributed by atoms with Crippen LogP contribution in [-0.2, 0) is 0 Å². The van der Waals surface area contributed by atoms with Crippen LogP contribution in [0.15, 0.2) is 54.6 Å². The number of ether oxygens (including phenoxy) is 1. The lowest BCUT2D eigenvalue weighted by Crippen LogP contribution is -2.46. The van der Waals surface area contributed by atoms with Crippen molar-refractivity contribution in [1.82, 2.24) is 9.88 Å². The molecule has 0 saturated carbocycles. The van der Waals surface area contributed by atoms with Crippen LogP contribution in [0.1, 0.15) is 18.2 Å². The van der Waals surface area contributed by atoms with Crippen LogP contribution in [0.4, 0.5) is 5.82 Å². The number of anilines is 1. The number of hydrogen-bond acceptors (Lipinski definition) is 5. The number of para-hydroxylation sites is 1. The van der Waals surface area contributed by atoms with E-state index < -0.39 is 0 Å². The van der Waals surface area contributed by atoms with Gasteiger partial charge in [0.1, 0.15) is 23.9 Å². The van der Waals surface area contributed by atoms with Crippen LogP contribution in [0.25, 0.3) is 10.8 Å². The summed E-state index contributed by atoms with van der Waals surface area (Å²) in [7, 11) is 0. The Morgan fingerprint density at radius 1 is 1.00 bits per heavy atom. The monoisotopic (exact) mass is 401 g/mol. The number of nitrogens with zero attached hydrogens (tertiary/aromatic N) is 3. The molecule has 0 atom stereocenters. The maximum Gasteiger partial charge on any atom is 0.138 e. The molecule has 0 spiro atoms. The summed E-state index contributed by atoms with van der Waals surface area (Å²) in [4.78, 5) is 9.77. The predicted octanol–water partition coefficient (Wildman–Crippen LogP) is 3.15. The van der Waals surface area contributed by atoms with Gasteiger partial charge in [0.05, 0.1) is 12.2 Å². The standard InChI is InChI=1S/C25H27N3O2/c1-2-27-13-15-28(16-14-27)25-23-9-5-3-8-21(23)19-22(26-25)12-11-20-7-4-6-10-24(20)30-18-17-29/h3-10,19,29H,2,13-18H2,1H3. The van der Waals surface area contributed by atoms with Gasteiger partial charge in [-0.15, -0.1) is 0 Å². The third kappa shape index (κ3) is 4.56.